The lowest BCUT2D eigenvalue weighted by Crippen LogP contribution is -2.35. The molecule has 1 fully saturated rings. The molecule has 0 bridgehead atoms. The molecule has 1 saturated heterocycles. The van der Waals surface area contributed by atoms with E-state index in [1.807, 2.05) is 22.6 Å². The number of alkyl halides is 1. The topological polar surface area (TPSA) is 131 Å². The van der Waals surface area contributed by atoms with E-state index in [4.69, 9.17) is 18.9 Å². The summed E-state index contributed by atoms with van der Waals surface area (Å²) >= 11 is 1.96. The number of hydrogen-bond acceptors (Lipinski definition) is 9. The molecule has 1 aliphatic heterocycles. The van der Waals surface area contributed by atoms with E-state index in [0.717, 1.165) is 0 Å². The maximum absolute atomic E-state index is 12.1. The molecule has 0 aromatic heterocycles. The van der Waals surface area contributed by atoms with Crippen LogP contribution in [-0.4, -0.2) is 51.9 Å². The number of carbonyl (C=O) groups is 3. The Morgan fingerprint density at radius 3 is 2.26 bits per heavy atom. The summed E-state index contributed by atoms with van der Waals surface area (Å²) in [4.78, 5) is 44.6. The SMILES string of the molecule is CC(=O)O[C@H]1O[C@H](COC(=O)c2ccc([N+](=O)[O-])cc2)[C@@H](I)[C@H]1OC(C)=O. The standard InChI is InChI=1S/C16H16INO9/c1-8(19)25-14-13(17)12(27-16(14)26-9(2)20)7-24-15(21)10-3-5-11(6-4-10)18(22)23/h3-6,12-14,16H,7H2,1-2H3/t12-,13-,14-,16+/m1/s1. The summed E-state index contributed by atoms with van der Waals surface area (Å²) in [5, 5.41) is 10.6. The van der Waals surface area contributed by atoms with Crippen molar-refractivity contribution in [1.29, 1.82) is 0 Å². The van der Waals surface area contributed by atoms with Crippen molar-refractivity contribution in [2.24, 2.45) is 0 Å². The quantitative estimate of drug-likeness (QED) is 0.145. The third-order valence-electron chi connectivity index (χ3n) is 3.52. The predicted molar refractivity (Wildman–Crippen MR) is 97.2 cm³/mol. The highest BCUT2D eigenvalue weighted by atomic mass is 127. The number of hydrogen-bond donors (Lipinski definition) is 0. The lowest BCUT2D eigenvalue weighted by molar-refractivity contribution is -0.384. The first-order valence-electron chi connectivity index (χ1n) is 7.74. The highest BCUT2D eigenvalue weighted by molar-refractivity contribution is 14.1. The average Bonchev–Trinajstić information content (AvgIpc) is 2.87. The van der Waals surface area contributed by atoms with Gasteiger partial charge >= 0.3 is 17.9 Å². The number of nitrogens with zero attached hydrogens (tertiary/aromatic N) is 1. The molecule has 0 radical (unpaired) electrons. The number of nitro benzene ring substituents is 1. The zero-order valence-corrected chi connectivity index (χ0v) is 16.5. The van der Waals surface area contributed by atoms with Crippen molar-refractivity contribution >= 4 is 46.2 Å². The van der Waals surface area contributed by atoms with Crippen LogP contribution in [0.3, 0.4) is 0 Å². The zero-order chi connectivity index (χ0) is 20.1. The molecular formula is C16H16INO9. The summed E-state index contributed by atoms with van der Waals surface area (Å²) in [6.45, 7) is 2.23. The van der Waals surface area contributed by atoms with Crippen molar-refractivity contribution in [3.05, 3.63) is 39.9 Å². The number of non-ortho nitro benzene ring substituents is 1. The summed E-state index contributed by atoms with van der Waals surface area (Å²) in [7, 11) is 0. The molecule has 0 spiro atoms. The lowest BCUT2D eigenvalue weighted by atomic mass is 10.2. The van der Waals surface area contributed by atoms with Gasteiger partial charge in [0, 0.05) is 26.0 Å². The Morgan fingerprint density at radius 1 is 1.15 bits per heavy atom. The van der Waals surface area contributed by atoms with Crippen molar-refractivity contribution in [3.8, 4) is 0 Å². The minimum atomic E-state index is -1.10. The molecule has 27 heavy (non-hydrogen) atoms. The van der Waals surface area contributed by atoms with E-state index in [1.165, 1.54) is 38.1 Å². The fourth-order valence-corrected chi connectivity index (χ4v) is 3.21. The van der Waals surface area contributed by atoms with Crippen LogP contribution in [0, 0.1) is 10.1 Å². The van der Waals surface area contributed by atoms with Crippen LogP contribution in [0.5, 0.6) is 0 Å². The summed E-state index contributed by atoms with van der Waals surface area (Å²) < 4.78 is 20.4. The molecule has 2 rings (SSSR count). The Bertz CT molecular complexity index is 736. The van der Waals surface area contributed by atoms with Gasteiger partial charge in [-0.1, -0.05) is 22.6 Å². The minimum Gasteiger partial charge on any atom is -0.459 e. The van der Waals surface area contributed by atoms with Gasteiger partial charge in [0.2, 0.25) is 6.29 Å². The van der Waals surface area contributed by atoms with Crippen molar-refractivity contribution in [3.63, 3.8) is 0 Å². The molecular weight excluding hydrogens is 477 g/mol. The number of benzene rings is 1. The van der Waals surface area contributed by atoms with Crippen molar-refractivity contribution < 1.29 is 38.3 Å². The second-order valence-electron chi connectivity index (χ2n) is 5.57. The highest BCUT2D eigenvalue weighted by Gasteiger charge is 2.48. The molecule has 1 aromatic carbocycles. The van der Waals surface area contributed by atoms with E-state index in [1.54, 1.807) is 0 Å². The van der Waals surface area contributed by atoms with Gasteiger partial charge in [0.15, 0.2) is 6.10 Å². The van der Waals surface area contributed by atoms with Crippen LogP contribution in [0.25, 0.3) is 0 Å². The summed E-state index contributed by atoms with van der Waals surface area (Å²) in [5.41, 5.74) is -0.0110. The number of carbonyl (C=O) groups excluding carboxylic acids is 3. The average molecular weight is 493 g/mol. The first-order valence-corrected chi connectivity index (χ1v) is 8.99. The molecule has 146 valence electrons. The first-order chi connectivity index (χ1) is 12.7. The molecule has 1 aliphatic rings. The van der Waals surface area contributed by atoms with Crippen LogP contribution in [0.15, 0.2) is 24.3 Å². The molecule has 0 aliphatic carbocycles. The molecule has 0 saturated carbocycles. The lowest BCUT2D eigenvalue weighted by Gasteiger charge is -2.19. The Balaban J connectivity index is 1.99. The fourth-order valence-electron chi connectivity index (χ4n) is 2.35. The largest absolute Gasteiger partial charge is 0.459 e. The van der Waals surface area contributed by atoms with E-state index in [2.05, 4.69) is 0 Å². The van der Waals surface area contributed by atoms with Crippen LogP contribution >= 0.6 is 22.6 Å². The maximum Gasteiger partial charge on any atom is 0.338 e. The van der Waals surface area contributed by atoms with Gasteiger partial charge in [-0.15, -0.1) is 0 Å². The molecule has 0 N–H and O–H groups in total. The van der Waals surface area contributed by atoms with E-state index < -0.39 is 45.3 Å². The second-order valence-corrected chi connectivity index (χ2v) is 7.01. The third kappa shape index (κ3) is 5.60. The van der Waals surface area contributed by atoms with Gasteiger partial charge in [-0.3, -0.25) is 19.7 Å². The number of halogens is 1. The molecule has 1 heterocycles. The van der Waals surface area contributed by atoms with Gasteiger partial charge in [0.25, 0.3) is 5.69 Å². The van der Waals surface area contributed by atoms with E-state index in [-0.39, 0.29) is 17.9 Å². The summed E-state index contributed by atoms with van der Waals surface area (Å²) in [5.74, 6) is -1.87. The number of ether oxygens (including phenoxy) is 4. The van der Waals surface area contributed by atoms with Crippen LogP contribution < -0.4 is 0 Å². The minimum absolute atomic E-state index is 0.136. The van der Waals surface area contributed by atoms with E-state index in [0.29, 0.717) is 0 Å². The van der Waals surface area contributed by atoms with Gasteiger partial charge < -0.3 is 18.9 Å². The zero-order valence-electron chi connectivity index (χ0n) is 14.3. The van der Waals surface area contributed by atoms with Crippen LogP contribution in [0.4, 0.5) is 5.69 Å². The molecule has 11 heteroatoms. The Morgan fingerprint density at radius 2 is 1.74 bits per heavy atom. The number of nitro groups is 1. The molecule has 0 amide bonds. The highest BCUT2D eigenvalue weighted by Crippen LogP contribution is 2.31. The fraction of sp³-hybridized carbons (Fsp3) is 0.438. The summed E-state index contributed by atoms with van der Waals surface area (Å²) in [6, 6.07) is 4.94. The van der Waals surface area contributed by atoms with Gasteiger partial charge in [0.05, 0.1) is 14.4 Å². The third-order valence-corrected chi connectivity index (χ3v) is 5.03. The van der Waals surface area contributed by atoms with E-state index in [9.17, 15) is 24.5 Å². The maximum atomic E-state index is 12.1. The number of rotatable bonds is 6. The molecule has 4 atom stereocenters. The van der Waals surface area contributed by atoms with Crippen molar-refractivity contribution in [2.45, 2.75) is 36.3 Å². The molecule has 1 aromatic rings. The number of esters is 3. The Labute approximate surface area is 167 Å². The Hall–Kier alpha value is -2.28. The van der Waals surface area contributed by atoms with Crippen molar-refractivity contribution in [2.75, 3.05) is 6.61 Å². The van der Waals surface area contributed by atoms with Crippen LogP contribution in [-0.2, 0) is 28.5 Å². The predicted octanol–water partition coefficient (Wildman–Crippen LogP) is 1.77. The van der Waals surface area contributed by atoms with Gasteiger partial charge in [-0.2, -0.15) is 0 Å². The molecule has 0 unspecified atom stereocenters. The van der Waals surface area contributed by atoms with Gasteiger partial charge in [-0.25, -0.2) is 4.79 Å². The monoisotopic (exact) mass is 493 g/mol. The normalized spacial score (nSPS) is 24.1. The van der Waals surface area contributed by atoms with E-state index >= 15 is 0 Å². The van der Waals surface area contributed by atoms with Gasteiger partial charge in [0.1, 0.15) is 12.7 Å². The summed E-state index contributed by atoms with van der Waals surface area (Å²) in [6.07, 6.45) is -2.62. The van der Waals surface area contributed by atoms with Crippen LogP contribution in [0.2, 0.25) is 0 Å². The molecule has 10 nitrogen and oxygen atoms in total. The van der Waals surface area contributed by atoms with Crippen molar-refractivity contribution in [1.82, 2.24) is 0 Å². The first kappa shape index (κ1) is 21.0. The van der Waals surface area contributed by atoms with Crippen LogP contribution in [0.1, 0.15) is 24.2 Å². The van der Waals surface area contributed by atoms with Gasteiger partial charge in [-0.05, 0) is 12.1 Å². The smallest absolute Gasteiger partial charge is 0.338 e. The Kier molecular flexibility index (Phi) is 7.07. The second kappa shape index (κ2) is 9.08.